The topological polar surface area (TPSA) is 41.6 Å². The number of rotatable bonds is 7. The molecule has 23 heavy (non-hydrogen) atoms. The number of benzene rings is 1. The van der Waals surface area contributed by atoms with Gasteiger partial charge in [-0.25, -0.2) is 0 Å². The summed E-state index contributed by atoms with van der Waals surface area (Å²) in [6, 6.07) is 8.16. The van der Waals surface area contributed by atoms with E-state index >= 15 is 0 Å². The minimum Gasteiger partial charge on any atom is -0.495 e. The van der Waals surface area contributed by atoms with Crippen LogP contribution in [0, 0.1) is 17.8 Å². The average Bonchev–Trinajstić information content (AvgIpc) is 3.32. The van der Waals surface area contributed by atoms with Crippen molar-refractivity contribution >= 4 is 11.6 Å². The first-order chi connectivity index (χ1) is 11.2. The first-order valence-electron chi connectivity index (χ1n) is 8.82. The van der Waals surface area contributed by atoms with Crippen molar-refractivity contribution < 1.29 is 9.53 Å². The summed E-state index contributed by atoms with van der Waals surface area (Å²) in [6.45, 7) is 5.01. The summed E-state index contributed by atoms with van der Waals surface area (Å²) in [7, 11) is 1.72. The summed E-state index contributed by atoms with van der Waals surface area (Å²) in [5, 5.41) is 3.14. The zero-order valence-electron chi connectivity index (χ0n) is 14.3. The van der Waals surface area contributed by atoms with Crippen LogP contribution in [0.1, 0.15) is 32.6 Å². The zero-order chi connectivity index (χ0) is 16.2. The van der Waals surface area contributed by atoms with E-state index in [0.29, 0.717) is 18.3 Å². The van der Waals surface area contributed by atoms with Crippen LogP contribution in [0.3, 0.4) is 0 Å². The van der Waals surface area contributed by atoms with Crippen molar-refractivity contribution in [3.63, 3.8) is 0 Å². The maximum atomic E-state index is 12.0. The predicted octanol–water partition coefficient (Wildman–Crippen LogP) is 3.07. The highest BCUT2D eigenvalue weighted by Gasteiger charge is 2.30. The molecule has 4 nitrogen and oxygen atoms in total. The summed E-state index contributed by atoms with van der Waals surface area (Å²) in [5.41, 5.74) is 1.16. The molecule has 0 aromatic heterocycles. The molecule has 1 amide bonds. The Kier molecular flexibility index (Phi) is 5.09. The monoisotopic (exact) mass is 316 g/mol. The lowest BCUT2D eigenvalue weighted by Gasteiger charge is -2.21. The van der Waals surface area contributed by atoms with Crippen LogP contribution in [0.25, 0.3) is 0 Å². The molecule has 2 aliphatic rings. The molecular weight excluding hydrogens is 288 g/mol. The molecule has 1 aliphatic carbocycles. The Morgan fingerprint density at radius 1 is 1.35 bits per heavy atom. The number of carbonyl (C=O) groups excluding carboxylic acids is 1. The van der Waals surface area contributed by atoms with Gasteiger partial charge in [0.05, 0.1) is 12.8 Å². The number of hydrogen-bond acceptors (Lipinski definition) is 3. The molecule has 1 aliphatic heterocycles. The minimum absolute atomic E-state index is 0.222. The fourth-order valence-corrected chi connectivity index (χ4v) is 3.56. The largest absolute Gasteiger partial charge is 0.495 e. The molecule has 1 saturated heterocycles. The van der Waals surface area contributed by atoms with Crippen LogP contribution in [0.4, 0.5) is 5.69 Å². The maximum Gasteiger partial charge on any atom is 0.220 e. The smallest absolute Gasteiger partial charge is 0.220 e. The lowest BCUT2D eigenvalue weighted by Crippen LogP contribution is -2.32. The first kappa shape index (κ1) is 16.2. The van der Waals surface area contributed by atoms with Crippen LogP contribution in [-0.2, 0) is 4.79 Å². The number of carbonyl (C=O) groups is 1. The van der Waals surface area contributed by atoms with Crippen LogP contribution in [0.5, 0.6) is 5.75 Å². The number of anilines is 1. The predicted molar refractivity (Wildman–Crippen MR) is 92.8 cm³/mol. The van der Waals surface area contributed by atoms with Crippen molar-refractivity contribution in [1.29, 1.82) is 0 Å². The Bertz CT molecular complexity index is 542. The minimum atomic E-state index is 0.222. The van der Waals surface area contributed by atoms with Gasteiger partial charge in [0.1, 0.15) is 5.75 Å². The van der Waals surface area contributed by atoms with E-state index < -0.39 is 0 Å². The molecule has 0 radical (unpaired) electrons. The molecule has 126 valence electrons. The quantitative estimate of drug-likeness (QED) is 0.840. The van der Waals surface area contributed by atoms with Gasteiger partial charge in [-0.15, -0.1) is 0 Å². The molecule has 0 bridgehead atoms. The van der Waals surface area contributed by atoms with E-state index in [9.17, 15) is 4.79 Å². The van der Waals surface area contributed by atoms with E-state index in [2.05, 4.69) is 23.2 Å². The van der Waals surface area contributed by atoms with E-state index in [4.69, 9.17) is 4.74 Å². The van der Waals surface area contributed by atoms with Gasteiger partial charge in [0.25, 0.3) is 0 Å². The van der Waals surface area contributed by atoms with Gasteiger partial charge < -0.3 is 15.0 Å². The van der Waals surface area contributed by atoms with Gasteiger partial charge in [-0.05, 0) is 49.1 Å². The second-order valence-electron chi connectivity index (χ2n) is 7.10. The molecule has 1 heterocycles. The number of ether oxygens (including phenoxy) is 1. The molecule has 3 rings (SSSR count). The van der Waals surface area contributed by atoms with Crippen LogP contribution >= 0.6 is 0 Å². The van der Waals surface area contributed by atoms with E-state index in [0.717, 1.165) is 43.4 Å². The van der Waals surface area contributed by atoms with Crippen molar-refractivity contribution in [2.24, 2.45) is 17.8 Å². The summed E-state index contributed by atoms with van der Waals surface area (Å²) in [6.07, 6.45) is 4.43. The second-order valence-corrected chi connectivity index (χ2v) is 7.10. The molecule has 1 N–H and O–H groups in total. The van der Waals surface area contributed by atoms with Gasteiger partial charge in [-0.2, -0.15) is 0 Å². The van der Waals surface area contributed by atoms with Crippen LogP contribution < -0.4 is 15.0 Å². The average molecular weight is 316 g/mol. The number of nitrogens with one attached hydrogen (secondary N) is 1. The maximum absolute atomic E-state index is 12.0. The third kappa shape index (κ3) is 4.18. The number of nitrogens with zero attached hydrogens (tertiary/aromatic N) is 1. The van der Waals surface area contributed by atoms with Gasteiger partial charge in [-0.1, -0.05) is 19.1 Å². The molecular formula is C19H28N2O2. The number of para-hydroxylation sites is 2. The molecule has 2 atom stereocenters. The zero-order valence-corrected chi connectivity index (χ0v) is 14.3. The van der Waals surface area contributed by atoms with Crippen LogP contribution in [0.2, 0.25) is 0 Å². The lowest BCUT2D eigenvalue weighted by atomic mass is 10.0. The molecule has 0 spiro atoms. The molecule has 4 heteroatoms. The number of amides is 1. The molecule has 2 unspecified atom stereocenters. The van der Waals surface area contributed by atoms with Gasteiger partial charge in [-0.3, -0.25) is 4.79 Å². The van der Waals surface area contributed by atoms with E-state index in [1.807, 2.05) is 18.2 Å². The Balaban J connectivity index is 1.45. The number of methoxy groups -OCH3 is 1. The SMILES string of the molecule is COc1ccccc1N1CCC(CNC(=O)CC(C)C2CC2)C1. The highest BCUT2D eigenvalue weighted by Crippen LogP contribution is 2.38. The molecule has 1 aromatic carbocycles. The highest BCUT2D eigenvalue weighted by atomic mass is 16.5. The molecule has 2 fully saturated rings. The van der Waals surface area contributed by atoms with Crippen molar-refractivity contribution in [2.45, 2.75) is 32.6 Å². The van der Waals surface area contributed by atoms with Crippen LogP contribution in [0.15, 0.2) is 24.3 Å². The third-order valence-corrected chi connectivity index (χ3v) is 5.23. The van der Waals surface area contributed by atoms with Gasteiger partial charge >= 0.3 is 0 Å². The first-order valence-corrected chi connectivity index (χ1v) is 8.82. The second kappa shape index (κ2) is 7.24. The van der Waals surface area contributed by atoms with Gasteiger partial charge in [0, 0.05) is 26.1 Å². The summed E-state index contributed by atoms with van der Waals surface area (Å²) in [5.74, 6) is 3.02. The van der Waals surface area contributed by atoms with Crippen molar-refractivity contribution in [3.8, 4) is 5.75 Å². The summed E-state index contributed by atoms with van der Waals surface area (Å²) in [4.78, 5) is 14.4. The fraction of sp³-hybridized carbons (Fsp3) is 0.632. The van der Waals surface area contributed by atoms with Crippen molar-refractivity contribution in [3.05, 3.63) is 24.3 Å². The van der Waals surface area contributed by atoms with Gasteiger partial charge in [0.2, 0.25) is 5.91 Å². The third-order valence-electron chi connectivity index (χ3n) is 5.23. The Hall–Kier alpha value is -1.71. The normalized spacial score (nSPS) is 22.0. The fourth-order valence-electron chi connectivity index (χ4n) is 3.56. The summed E-state index contributed by atoms with van der Waals surface area (Å²) >= 11 is 0. The number of hydrogen-bond donors (Lipinski definition) is 1. The molecule has 1 aromatic rings. The van der Waals surface area contributed by atoms with E-state index in [1.54, 1.807) is 7.11 Å². The Morgan fingerprint density at radius 3 is 2.87 bits per heavy atom. The van der Waals surface area contributed by atoms with E-state index in [-0.39, 0.29) is 5.91 Å². The van der Waals surface area contributed by atoms with Gasteiger partial charge in [0.15, 0.2) is 0 Å². The highest BCUT2D eigenvalue weighted by molar-refractivity contribution is 5.76. The lowest BCUT2D eigenvalue weighted by molar-refractivity contribution is -0.122. The van der Waals surface area contributed by atoms with Crippen molar-refractivity contribution in [2.75, 3.05) is 31.6 Å². The Labute approximate surface area is 139 Å². The summed E-state index contributed by atoms with van der Waals surface area (Å²) < 4.78 is 5.45. The van der Waals surface area contributed by atoms with Crippen LogP contribution in [-0.4, -0.2) is 32.7 Å². The van der Waals surface area contributed by atoms with Crippen molar-refractivity contribution in [1.82, 2.24) is 5.32 Å². The standard InChI is InChI=1S/C19H28N2O2/c1-14(16-7-8-16)11-19(22)20-12-15-9-10-21(13-15)17-5-3-4-6-18(17)23-2/h3-6,14-16H,7-13H2,1-2H3,(H,20,22). The van der Waals surface area contributed by atoms with E-state index in [1.165, 1.54) is 12.8 Å². The molecule has 1 saturated carbocycles. The Morgan fingerprint density at radius 2 is 2.13 bits per heavy atom.